The van der Waals surface area contributed by atoms with Gasteiger partial charge >= 0.3 is 17.9 Å². The van der Waals surface area contributed by atoms with Crippen molar-refractivity contribution in [3.8, 4) is 0 Å². The second-order valence-electron chi connectivity index (χ2n) is 3.93. The van der Waals surface area contributed by atoms with Crippen molar-refractivity contribution >= 4 is 23.9 Å². The Bertz CT molecular complexity index is 397. The molecule has 0 saturated carbocycles. The Kier molecular flexibility index (Phi) is 7.67. The van der Waals surface area contributed by atoms with Gasteiger partial charge in [0.15, 0.2) is 5.96 Å². The number of hydrogen-bond acceptors (Lipinski definition) is 4. The van der Waals surface area contributed by atoms with Gasteiger partial charge in [0.05, 0.1) is 6.42 Å². The summed E-state index contributed by atoms with van der Waals surface area (Å²) < 4.78 is 0. The molecule has 113 valence electrons. The van der Waals surface area contributed by atoms with Crippen LogP contribution in [0.25, 0.3) is 0 Å². The van der Waals surface area contributed by atoms with Gasteiger partial charge in [-0.1, -0.05) is 0 Å². The van der Waals surface area contributed by atoms with E-state index in [2.05, 4.69) is 10.3 Å². The second-order valence-corrected chi connectivity index (χ2v) is 3.93. The van der Waals surface area contributed by atoms with Crippen LogP contribution in [0.15, 0.2) is 4.99 Å². The van der Waals surface area contributed by atoms with Crippen molar-refractivity contribution in [3.63, 3.8) is 0 Å². The van der Waals surface area contributed by atoms with Gasteiger partial charge < -0.3 is 26.4 Å². The van der Waals surface area contributed by atoms with Crippen LogP contribution in [0.1, 0.15) is 19.3 Å². The Labute approximate surface area is 114 Å². The van der Waals surface area contributed by atoms with Crippen LogP contribution in [0, 0.1) is 0 Å². The number of carbonyl (C=O) groups is 3. The zero-order valence-electron chi connectivity index (χ0n) is 10.6. The normalized spacial score (nSPS) is 14.3. The van der Waals surface area contributed by atoms with Crippen LogP contribution in [0.5, 0.6) is 0 Å². The summed E-state index contributed by atoms with van der Waals surface area (Å²) >= 11 is 0. The Morgan fingerprint density at radius 2 is 1.80 bits per heavy atom. The van der Waals surface area contributed by atoms with E-state index < -0.39 is 36.4 Å². The maximum Gasteiger partial charge on any atom is 0.326 e. The quantitative estimate of drug-likeness (QED) is 0.189. The molecular formula is C10H17N4O6. The second kappa shape index (κ2) is 8.69. The topological polar surface area (TPSA) is 186 Å². The van der Waals surface area contributed by atoms with Gasteiger partial charge in [-0.25, -0.2) is 10.5 Å². The van der Waals surface area contributed by atoms with Crippen molar-refractivity contribution in [3.05, 3.63) is 0 Å². The average Bonchev–Trinajstić information content (AvgIpc) is 2.32. The lowest BCUT2D eigenvalue weighted by atomic mass is 10.2. The molecule has 0 amide bonds. The first-order valence-electron chi connectivity index (χ1n) is 5.69. The lowest BCUT2D eigenvalue weighted by molar-refractivity contribution is -0.145. The summed E-state index contributed by atoms with van der Waals surface area (Å²) in [5.41, 5.74) is 12.5. The highest BCUT2D eigenvalue weighted by molar-refractivity contribution is 5.87. The summed E-state index contributed by atoms with van der Waals surface area (Å²) in [5.74, 6) is -4.14. The molecule has 0 aromatic heterocycles. The summed E-state index contributed by atoms with van der Waals surface area (Å²) in [4.78, 5) is 35.3. The van der Waals surface area contributed by atoms with E-state index in [9.17, 15) is 14.4 Å². The van der Waals surface area contributed by atoms with Crippen LogP contribution in [-0.2, 0) is 14.4 Å². The maximum absolute atomic E-state index is 10.7. The number of aliphatic carboxylic acids is 3. The molecule has 2 unspecified atom stereocenters. The molecule has 1 radical (unpaired) electrons. The third-order valence-electron chi connectivity index (χ3n) is 2.23. The third-order valence-corrected chi connectivity index (χ3v) is 2.23. The van der Waals surface area contributed by atoms with Crippen molar-refractivity contribution in [1.82, 2.24) is 11.1 Å². The number of aliphatic imine (C=N–C) groups is 1. The molecular weight excluding hydrogens is 272 g/mol. The van der Waals surface area contributed by atoms with Crippen LogP contribution in [0.2, 0.25) is 0 Å². The highest BCUT2D eigenvalue weighted by Gasteiger charge is 2.21. The molecule has 0 spiro atoms. The first-order valence-corrected chi connectivity index (χ1v) is 5.69. The van der Waals surface area contributed by atoms with Crippen LogP contribution in [0.4, 0.5) is 0 Å². The Morgan fingerprint density at radius 3 is 2.25 bits per heavy atom. The number of nitrogens with zero attached hydrogens (tertiary/aromatic N) is 1. The van der Waals surface area contributed by atoms with Crippen molar-refractivity contribution in [2.45, 2.75) is 31.3 Å². The van der Waals surface area contributed by atoms with Crippen LogP contribution in [-0.4, -0.2) is 57.8 Å². The number of nitrogens with one attached hydrogen (secondary N) is 2. The molecule has 0 fully saturated rings. The van der Waals surface area contributed by atoms with Gasteiger partial charge in [0.2, 0.25) is 0 Å². The van der Waals surface area contributed by atoms with Gasteiger partial charge in [-0.3, -0.25) is 14.6 Å². The molecule has 0 aromatic carbocycles. The minimum atomic E-state index is -1.39. The van der Waals surface area contributed by atoms with Crippen molar-refractivity contribution in [2.75, 3.05) is 6.54 Å². The van der Waals surface area contributed by atoms with Crippen LogP contribution in [0.3, 0.4) is 0 Å². The predicted molar refractivity (Wildman–Crippen MR) is 67.1 cm³/mol. The molecule has 0 rings (SSSR count). The Morgan fingerprint density at radius 1 is 1.20 bits per heavy atom. The SMILES string of the molecule is [NH]C(CCCN=C(N)NC(CC(=O)O)C(=O)O)C(=O)O. The summed E-state index contributed by atoms with van der Waals surface area (Å²) in [6.07, 6.45) is -0.275. The number of carboxylic acids is 3. The lowest BCUT2D eigenvalue weighted by Gasteiger charge is -2.12. The van der Waals surface area contributed by atoms with Crippen molar-refractivity contribution in [2.24, 2.45) is 10.7 Å². The number of carboxylic acid groups (broad SMARTS) is 3. The van der Waals surface area contributed by atoms with Crippen molar-refractivity contribution in [1.29, 1.82) is 0 Å². The fourth-order valence-corrected chi connectivity index (χ4v) is 1.22. The monoisotopic (exact) mass is 289 g/mol. The zero-order chi connectivity index (χ0) is 15.7. The first-order chi connectivity index (χ1) is 9.23. The van der Waals surface area contributed by atoms with Crippen molar-refractivity contribution < 1.29 is 29.7 Å². The molecule has 7 N–H and O–H groups in total. The standard InChI is InChI=1S/C10H17N4O6/c11-5(8(17)18)2-1-3-13-10(12)14-6(9(19)20)4-7(15)16/h5-6,11H,1-4H2,(H,15,16)(H,17,18)(H,19,20)(H3,12,13,14). The van der Waals surface area contributed by atoms with Gasteiger partial charge in [0, 0.05) is 6.54 Å². The van der Waals surface area contributed by atoms with E-state index in [4.69, 9.17) is 26.8 Å². The van der Waals surface area contributed by atoms with Gasteiger partial charge in [-0.15, -0.1) is 0 Å². The molecule has 0 aliphatic carbocycles. The largest absolute Gasteiger partial charge is 0.481 e. The summed E-state index contributed by atoms with van der Waals surface area (Å²) in [6.45, 7) is 0.112. The third kappa shape index (κ3) is 7.87. The van der Waals surface area contributed by atoms with Crippen LogP contribution >= 0.6 is 0 Å². The highest BCUT2D eigenvalue weighted by atomic mass is 16.4. The van der Waals surface area contributed by atoms with E-state index in [1.165, 1.54) is 0 Å². The van der Waals surface area contributed by atoms with Gasteiger partial charge in [-0.2, -0.15) is 0 Å². The molecule has 0 bridgehead atoms. The molecule has 2 atom stereocenters. The minimum absolute atomic E-state index is 0.0869. The summed E-state index contributed by atoms with van der Waals surface area (Å²) in [6, 6.07) is -2.63. The number of hydrogen-bond donors (Lipinski definition) is 5. The van der Waals surface area contributed by atoms with E-state index in [1.807, 2.05) is 0 Å². The van der Waals surface area contributed by atoms with E-state index in [0.717, 1.165) is 0 Å². The average molecular weight is 289 g/mol. The lowest BCUT2D eigenvalue weighted by Crippen LogP contribution is -2.45. The molecule has 10 heteroatoms. The predicted octanol–water partition coefficient (Wildman–Crippen LogP) is -1.67. The molecule has 0 aliphatic heterocycles. The van der Waals surface area contributed by atoms with E-state index in [1.54, 1.807) is 0 Å². The minimum Gasteiger partial charge on any atom is -0.481 e. The van der Waals surface area contributed by atoms with Gasteiger partial charge in [0.25, 0.3) is 0 Å². The summed E-state index contributed by atoms with van der Waals surface area (Å²) in [7, 11) is 0. The Hall–Kier alpha value is -2.36. The first kappa shape index (κ1) is 17.6. The van der Waals surface area contributed by atoms with E-state index in [0.29, 0.717) is 6.42 Å². The molecule has 0 heterocycles. The van der Waals surface area contributed by atoms with Crippen LogP contribution < -0.4 is 16.8 Å². The summed E-state index contributed by atoms with van der Waals surface area (Å²) in [5, 5.41) is 28.0. The zero-order valence-corrected chi connectivity index (χ0v) is 10.6. The maximum atomic E-state index is 10.7. The molecule has 0 aromatic rings. The highest BCUT2D eigenvalue weighted by Crippen LogP contribution is 1.97. The van der Waals surface area contributed by atoms with Gasteiger partial charge in [0.1, 0.15) is 12.1 Å². The fraction of sp³-hybridized carbons (Fsp3) is 0.600. The molecule has 10 nitrogen and oxygen atoms in total. The number of rotatable bonds is 9. The number of nitrogens with two attached hydrogens (primary N) is 1. The fourth-order valence-electron chi connectivity index (χ4n) is 1.22. The smallest absolute Gasteiger partial charge is 0.326 e. The van der Waals surface area contributed by atoms with E-state index >= 15 is 0 Å². The number of guanidine groups is 1. The van der Waals surface area contributed by atoms with E-state index in [-0.39, 0.29) is 18.9 Å². The Balaban J connectivity index is 4.19. The molecule has 0 aliphatic rings. The molecule has 20 heavy (non-hydrogen) atoms. The molecule has 0 saturated heterocycles. The van der Waals surface area contributed by atoms with Gasteiger partial charge in [-0.05, 0) is 12.8 Å².